The highest BCUT2D eigenvalue weighted by Gasteiger charge is 2.23. The molecular formula is C26H33N5O3. The number of carbonyl (C=O) groups is 1. The number of ether oxygens (including phenoxy) is 1. The van der Waals surface area contributed by atoms with Crippen LogP contribution in [0.5, 0.6) is 5.75 Å². The minimum atomic E-state index is -0.198. The molecular weight excluding hydrogens is 430 g/mol. The van der Waals surface area contributed by atoms with Gasteiger partial charge in [-0.2, -0.15) is 0 Å². The fourth-order valence-electron chi connectivity index (χ4n) is 4.30. The third-order valence-electron chi connectivity index (χ3n) is 6.06. The average Bonchev–Trinajstić information content (AvgIpc) is 3.17. The Morgan fingerprint density at radius 1 is 1.09 bits per heavy atom. The summed E-state index contributed by atoms with van der Waals surface area (Å²) in [6, 6.07) is 17.9. The number of aryl methyl sites for hydroxylation is 1. The molecule has 0 saturated carbocycles. The van der Waals surface area contributed by atoms with E-state index in [-0.39, 0.29) is 18.6 Å². The zero-order valence-electron chi connectivity index (χ0n) is 19.7. The van der Waals surface area contributed by atoms with Gasteiger partial charge in [0.05, 0.1) is 12.6 Å². The standard InChI is InChI=1S/C26H33N5O3/c1-20(27-25(33)11-10-21-6-3-2-4-7-21)26-29-28-24-12-13-30(14-15-31(24)26)19-22-8-5-9-23(18-22)34-17-16-32/h2-9,18,20,32H,10-17,19H2,1H3,(H,27,33)/t20-/m1/s1. The first kappa shape index (κ1) is 23.9. The Bertz CT molecular complexity index is 1070. The van der Waals surface area contributed by atoms with Crippen molar-refractivity contribution in [2.24, 2.45) is 0 Å². The van der Waals surface area contributed by atoms with E-state index >= 15 is 0 Å². The second-order valence-corrected chi connectivity index (χ2v) is 8.65. The van der Waals surface area contributed by atoms with Gasteiger partial charge in [-0.05, 0) is 36.6 Å². The Hall–Kier alpha value is -3.23. The number of hydrogen-bond donors (Lipinski definition) is 2. The van der Waals surface area contributed by atoms with Gasteiger partial charge in [0.25, 0.3) is 0 Å². The summed E-state index contributed by atoms with van der Waals surface area (Å²) in [5.74, 6) is 2.57. The topological polar surface area (TPSA) is 92.5 Å². The number of benzene rings is 2. The molecule has 1 atom stereocenters. The highest BCUT2D eigenvalue weighted by molar-refractivity contribution is 5.76. The van der Waals surface area contributed by atoms with E-state index in [4.69, 9.17) is 9.84 Å². The van der Waals surface area contributed by atoms with Crippen molar-refractivity contribution in [3.8, 4) is 5.75 Å². The van der Waals surface area contributed by atoms with Crippen molar-refractivity contribution in [3.05, 3.63) is 77.4 Å². The van der Waals surface area contributed by atoms with Gasteiger partial charge in [0.2, 0.25) is 5.91 Å². The molecule has 0 bridgehead atoms. The van der Waals surface area contributed by atoms with Crippen LogP contribution in [0, 0.1) is 0 Å². The molecule has 8 nitrogen and oxygen atoms in total. The van der Waals surface area contributed by atoms with E-state index in [1.807, 2.05) is 55.5 Å². The van der Waals surface area contributed by atoms with Crippen LogP contribution in [0.4, 0.5) is 0 Å². The lowest BCUT2D eigenvalue weighted by atomic mass is 10.1. The number of aliphatic hydroxyl groups is 1. The molecule has 0 spiro atoms. The van der Waals surface area contributed by atoms with Crippen LogP contribution in [0.1, 0.15) is 42.2 Å². The first-order chi connectivity index (χ1) is 16.6. The summed E-state index contributed by atoms with van der Waals surface area (Å²) >= 11 is 0. The quantitative estimate of drug-likeness (QED) is 0.480. The number of aromatic nitrogens is 3. The second-order valence-electron chi connectivity index (χ2n) is 8.65. The monoisotopic (exact) mass is 463 g/mol. The maximum atomic E-state index is 12.5. The Morgan fingerprint density at radius 2 is 1.91 bits per heavy atom. The van der Waals surface area contributed by atoms with Crippen LogP contribution in [0.2, 0.25) is 0 Å². The molecule has 2 N–H and O–H groups in total. The van der Waals surface area contributed by atoms with Crippen molar-refractivity contribution in [1.29, 1.82) is 0 Å². The Kier molecular flexibility index (Phi) is 8.27. The highest BCUT2D eigenvalue weighted by atomic mass is 16.5. The second kappa shape index (κ2) is 11.8. The summed E-state index contributed by atoms with van der Waals surface area (Å²) in [5, 5.41) is 20.9. The van der Waals surface area contributed by atoms with E-state index in [0.29, 0.717) is 13.0 Å². The van der Waals surface area contributed by atoms with Crippen molar-refractivity contribution in [2.45, 2.75) is 45.3 Å². The highest BCUT2D eigenvalue weighted by Crippen LogP contribution is 2.19. The normalized spacial score (nSPS) is 14.8. The summed E-state index contributed by atoms with van der Waals surface area (Å²) in [6.07, 6.45) is 1.98. The molecule has 3 aromatic rings. The number of hydrogen-bond acceptors (Lipinski definition) is 6. The van der Waals surface area contributed by atoms with Gasteiger partial charge < -0.3 is 19.7 Å². The van der Waals surface area contributed by atoms with Crippen LogP contribution >= 0.6 is 0 Å². The number of fused-ring (bicyclic) bond motifs is 1. The van der Waals surface area contributed by atoms with E-state index < -0.39 is 0 Å². The number of carbonyl (C=O) groups excluding carboxylic acids is 1. The number of nitrogens with zero attached hydrogens (tertiary/aromatic N) is 4. The van der Waals surface area contributed by atoms with E-state index in [1.54, 1.807) is 0 Å². The lowest BCUT2D eigenvalue weighted by Crippen LogP contribution is -2.30. The summed E-state index contributed by atoms with van der Waals surface area (Å²) in [5.41, 5.74) is 2.33. The molecule has 2 aromatic carbocycles. The largest absolute Gasteiger partial charge is 0.491 e. The maximum absolute atomic E-state index is 12.5. The number of aliphatic hydroxyl groups excluding tert-OH is 1. The first-order valence-corrected chi connectivity index (χ1v) is 11.9. The van der Waals surface area contributed by atoms with Gasteiger partial charge in [-0.15, -0.1) is 10.2 Å². The fraction of sp³-hybridized carbons (Fsp3) is 0.423. The molecule has 0 saturated heterocycles. The van der Waals surface area contributed by atoms with Gasteiger partial charge in [-0.1, -0.05) is 42.5 Å². The predicted molar refractivity (Wildman–Crippen MR) is 129 cm³/mol. The van der Waals surface area contributed by atoms with Gasteiger partial charge in [0.15, 0.2) is 5.82 Å². The average molecular weight is 464 g/mol. The molecule has 1 aliphatic heterocycles. The lowest BCUT2D eigenvalue weighted by molar-refractivity contribution is -0.121. The number of amides is 1. The molecule has 180 valence electrons. The molecule has 0 fully saturated rings. The first-order valence-electron chi connectivity index (χ1n) is 11.9. The zero-order chi connectivity index (χ0) is 23.8. The van der Waals surface area contributed by atoms with Crippen molar-refractivity contribution >= 4 is 5.91 Å². The van der Waals surface area contributed by atoms with Crippen molar-refractivity contribution < 1.29 is 14.6 Å². The van der Waals surface area contributed by atoms with Gasteiger partial charge in [-0.3, -0.25) is 9.69 Å². The smallest absolute Gasteiger partial charge is 0.220 e. The SMILES string of the molecule is C[C@@H](NC(=O)CCc1ccccc1)c1nnc2n1CCN(Cc1cccc(OCCO)c1)CC2. The molecule has 1 aliphatic rings. The summed E-state index contributed by atoms with van der Waals surface area (Å²) in [7, 11) is 0. The van der Waals surface area contributed by atoms with Crippen molar-refractivity contribution in [2.75, 3.05) is 26.3 Å². The molecule has 34 heavy (non-hydrogen) atoms. The molecule has 0 aliphatic carbocycles. The molecule has 2 heterocycles. The van der Waals surface area contributed by atoms with Crippen molar-refractivity contribution in [1.82, 2.24) is 25.0 Å². The van der Waals surface area contributed by atoms with E-state index in [1.165, 1.54) is 5.56 Å². The van der Waals surface area contributed by atoms with Crippen LogP contribution in [0.15, 0.2) is 54.6 Å². The number of rotatable bonds is 10. The van der Waals surface area contributed by atoms with Gasteiger partial charge >= 0.3 is 0 Å². The summed E-state index contributed by atoms with van der Waals surface area (Å²) in [4.78, 5) is 14.9. The fourth-order valence-corrected chi connectivity index (χ4v) is 4.30. The third kappa shape index (κ3) is 6.42. The summed E-state index contributed by atoms with van der Waals surface area (Å²) in [6.45, 7) is 5.62. The molecule has 4 rings (SSSR count). The van der Waals surface area contributed by atoms with Crippen LogP contribution in [-0.2, 0) is 30.7 Å². The number of nitrogens with one attached hydrogen (secondary N) is 1. The van der Waals surface area contributed by atoms with Gasteiger partial charge in [0, 0.05) is 39.0 Å². The minimum Gasteiger partial charge on any atom is -0.491 e. The van der Waals surface area contributed by atoms with Crippen LogP contribution in [0.3, 0.4) is 0 Å². The van der Waals surface area contributed by atoms with E-state index in [0.717, 1.165) is 62.0 Å². The molecule has 0 unspecified atom stereocenters. The van der Waals surface area contributed by atoms with Gasteiger partial charge in [-0.25, -0.2) is 0 Å². The van der Waals surface area contributed by atoms with Crippen LogP contribution < -0.4 is 10.1 Å². The van der Waals surface area contributed by atoms with Crippen LogP contribution in [-0.4, -0.2) is 57.0 Å². The molecule has 8 heteroatoms. The van der Waals surface area contributed by atoms with Gasteiger partial charge in [0.1, 0.15) is 18.2 Å². The predicted octanol–water partition coefficient (Wildman–Crippen LogP) is 2.52. The molecule has 0 radical (unpaired) electrons. The maximum Gasteiger partial charge on any atom is 0.220 e. The van der Waals surface area contributed by atoms with Crippen molar-refractivity contribution in [3.63, 3.8) is 0 Å². The van der Waals surface area contributed by atoms with E-state index in [2.05, 4.69) is 31.0 Å². The van der Waals surface area contributed by atoms with E-state index in [9.17, 15) is 4.79 Å². The summed E-state index contributed by atoms with van der Waals surface area (Å²) < 4.78 is 7.69. The zero-order valence-corrected chi connectivity index (χ0v) is 19.7. The van der Waals surface area contributed by atoms with Crippen LogP contribution in [0.25, 0.3) is 0 Å². The lowest BCUT2D eigenvalue weighted by Gasteiger charge is -2.20. The Labute approximate surface area is 200 Å². The minimum absolute atomic E-state index is 0.00406. The Morgan fingerprint density at radius 3 is 2.74 bits per heavy atom. The molecule has 1 aromatic heterocycles. The molecule has 1 amide bonds. The Balaban J connectivity index is 1.31. The third-order valence-corrected chi connectivity index (χ3v) is 6.06.